The van der Waals surface area contributed by atoms with Gasteiger partial charge in [0.1, 0.15) is 0 Å². The van der Waals surface area contributed by atoms with Gasteiger partial charge >= 0.3 is 0 Å². The van der Waals surface area contributed by atoms with Gasteiger partial charge in [-0.05, 0) is 30.9 Å². The Morgan fingerprint density at radius 2 is 2.15 bits per heavy atom. The minimum Gasteiger partial charge on any atom is -0.368 e. The highest BCUT2D eigenvalue weighted by molar-refractivity contribution is 5.88. The van der Waals surface area contributed by atoms with Crippen LogP contribution in [0, 0.1) is 5.92 Å². The molecule has 0 saturated heterocycles. The van der Waals surface area contributed by atoms with Crippen molar-refractivity contribution < 1.29 is 9.59 Å². The maximum Gasteiger partial charge on any atom is 0.236 e. The number of rotatable bonds is 3. The van der Waals surface area contributed by atoms with E-state index in [9.17, 15) is 9.59 Å². The molecule has 1 aliphatic carbocycles. The Hall–Kier alpha value is -2.30. The summed E-state index contributed by atoms with van der Waals surface area (Å²) >= 11 is 0. The number of aromatic nitrogens is 1. The third-order valence-corrected chi connectivity index (χ3v) is 3.90. The molecule has 1 heterocycles. The monoisotopic (exact) mass is 271 g/mol. The van der Waals surface area contributed by atoms with Crippen LogP contribution < -0.4 is 11.1 Å². The number of aryl methyl sites for hydroxylation is 1. The number of para-hydroxylation sites is 1. The summed E-state index contributed by atoms with van der Waals surface area (Å²) in [6.45, 7) is -0.0872. The lowest BCUT2D eigenvalue weighted by molar-refractivity contribution is -0.127. The molecule has 0 radical (unpaired) electrons. The highest BCUT2D eigenvalue weighted by atomic mass is 16.2. The van der Waals surface area contributed by atoms with Crippen LogP contribution in [0.15, 0.2) is 24.3 Å². The van der Waals surface area contributed by atoms with Crippen molar-refractivity contribution in [3.05, 3.63) is 35.5 Å². The van der Waals surface area contributed by atoms with E-state index in [-0.39, 0.29) is 18.4 Å². The van der Waals surface area contributed by atoms with Crippen LogP contribution in [-0.2, 0) is 22.4 Å². The number of fused-ring (bicyclic) bond motifs is 3. The Bertz CT molecular complexity index is 675. The summed E-state index contributed by atoms with van der Waals surface area (Å²) < 4.78 is 0. The first-order valence-electron chi connectivity index (χ1n) is 6.79. The fraction of sp³-hybridized carbons (Fsp3) is 0.333. The summed E-state index contributed by atoms with van der Waals surface area (Å²) in [6, 6.07) is 8.14. The lowest BCUT2D eigenvalue weighted by Gasteiger charge is -2.21. The van der Waals surface area contributed by atoms with E-state index in [4.69, 9.17) is 5.73 Å². The van der Waals surface area contributed by atoms with Crippen LogP contribution in [0.1, 0.15) is 17.7 Å². The predicted molar refractivity (Wildman–Crippen MR) is 76.0 cm³/mol. The molecule has 5 nitrogen and oxygen atoms in total. The summed E-state index contributed by atoms with van der Waals surface area (Å²) in [5.41, 5.74) is 8.62. The highest BCUT2D eigenvalue weighted by Crippen LogP contribution is 2.31. The number of hydrogen-bond acceptors (Lipinski definition) is 2. The van der Waals surface area contributed by atoms with Crippen LogP contribution in [-0.4, -0.2) is 23.3 Å². The molecule has 3 rings (SSSR count). The van der Waals surface area contributed by atoms with E-state index >= 15 is 0 Å². The summed E-state index contributed by atoms with van der Waals surface area (Å²) in [7, 11) is 0. The van der Waals surface area contributed by atoms with Crippen molar-refractivity contribution in [3.8, 4) is 0 Å². The third-order valence-electron chi connectivity index (χ3n) is 3.90. The van der Waals surface area contributed by atoms with E-state index < -0.39 is 5.91 Å². The molecule has 5 heteroatoms. The van der Waals surface area contributed by atoms with E-state index in [1.54, 1.807) is 0 Å². The van der Waals surface area contributed by atoms with Gasteiger partial charge in [0, 0.05) is 22.5 Å². The lowest BCUT2D eigenvalue weighted by Crippen LogP contribution is -2.39. The Morgan fingerprint density at radius 3 is 2.95 bits per heavy atom. The minimum absolute atomic E-state index is 0.0824. The number of aromatic amines is 1. The van der Waals surface area contributed by atoms with Crippen molar-refractivity contribution in [2.24, 2.45) is 11.7 Å². The Balaban J connectivity index is 1.80. The molecular formula is C15H17N3O2. The number of carbonyl (C=O) groups excluding carboxylic acids is 2. The molecule has 0 aliphatic heterocycles. The predicted octanol–water partition coefficient (Wildman–Crippen LogP) is 0.874. The standard InChI is InChI=1S/C15H17N3O2/c16-14(19)8-17-15(20)9-5-6-13-11(7-9)10-3-1-2-4-12(10)18-13/h1-4,9,18H,5-8H2,(H2,16,19)(H,17,20). The molecule has 0 saturated carbocycles. The second kappa shape index (κ2) is 5.00. The summed E-state index contributed by atoms with van der Waals surface area (Å²) in [4.78, 5) is 26.2. The van der Waals surface area contributed by atoms with Crippen molar-refractivity contribution in [2.45, 2.75) is 19.3 Å². The van der Waals surface area contributed by atoms with Crippen LogP contribution in [0.3, 0.4) is 0 Å². The van der Waals surface area contributed by atoms with Gasteiger partial charge in [0.05, 0.1) is 6.54 Å². The molecule has 0 bridgehead atoms. The number of primary amides is 1. The van der Waals surface area contributed by atoms with Crippen molar-refractivity contribution in [1.29, 1.82) is 0 Å². The SMILES string of the molecule is NC(=O)CNC(=O)C1CCc2[nH]c3ccccc3c2C1. The average molecular weight is 271 g/mol. The first-order valence-corrected chi connectivity index (χ1v) is 6.79. The molecule has 4 N–H and O–H groups in total. The maximum absolute atomic E-state index is 12.0. The second-order valence-electron chi connectivity index (χ2n) is 5.25. The second-order valence-corrected chi connectivity index (χ2v) is 5.25. The zero-order chi connectivity index (χ0) is 14.1. The van der Waals surface area contributed by atoms with Crippen LogP contribution in [0.2, 0.25) is 0 Å². The van der Waals surface area contributed by atoms with Crippen LogP contribution in [0.25, 0.3) is 10.9 Å². The highest BCUT2D eigenvalue weighted by Gasteiger charge is 2.27. The van der Waals surface area contributed by atoms with Crippen LogP contribution >= 0.6 is 0 Å². The summed E-state index contributed by atoms with van der Waals surface area (Å²) in [5.74, 6) is -0.678. The van der Waals surface area contributed by atoms with Crippen molar-refractivity contribution in [3.63, 3.8) is 0 Å². The molecule has 1 atom stereocenters. The van der Waals surface area contributed by atoms with Crippen molar-refractivity contribution in [2.75, 3.05) is 6.54 Å². The number of nitrogens with one attached hydrogen (secondary N) is 2. The summed E-state index contributed by atoms with van der Waals surface area (Å²) in [5, 5.41) is 3.79. The van der Waals surface area contributed by atoms with Gasteiger partial charge < -0.3 is 16.0 Å². The zero-order valence-corrected chi connectivity index (χ0v) is 11.1. The average Bonchev–Trinajstić information content (AvgIpc) is 2.82. The van der Waals surface area contributed by atoms with Gasteiger partial charge in [-0.25, -0.2) is 0 Å². The van der Waals surface area contributed by atoms with E-state index in [1.807, 2.05) is 12.1 Å². The van der Waals surface area contributed by atoms with Gasteiger partial charge in [-0.3, -0.25) is 9.59 Å². The van der Waals surface area contributed by atoms with Gasteiger partial charge in [0.25, 0.3) is 0 Å². The molecule has 1 aliphatic rings. The van der Waals surface area contributed by atoms with Gasteiger partial charge in [0.15, 0.2) is 0 Å². The molecule has 2 amide bonds. The molecule has 0 fully saturated rings. The molecule has 1 unspecified atom stereocenters. The quantitative estimate of drug-likeness (QED) is 0.773. The number of carbonyl (C=O) groups is 2. The van der Waals surface area contributed by atoms with Gasteiger partial charge in [-0.1, -0.05) is 18.2 Å². The largest absolute Gasteiger partial charge is 0.368 e. The number of nitrogens with two attached hydrogens (primary N) is 1. The smallest absolute Gasteiger partial charge is 0.236 e. The lowest BCUT2D eigenvalue weighted by atomic mass is 9.86. The molecular weight excluding hydrogens is 254 g/mol. The molecule has 104 valence electrons. The number of hydrogen-bond donors (Lipinski definition) is 3. The van der Waals surface area contributed by atoms with Crippen molar-refractivity contribution >= 4 is 22.7 Å². The normalized spacial score (nSPS) is 17.7. The molecule has 2 aromatic rings. The number of amides is 2. The fourth-order valence-electron chi connectivity index (χ4n) is 2.91. The Kier molecular flexibility index (Phi) is 3.18. The van der Waals surface area contributed by atoms with E-state index in [0.29, 0.717) is 6.42 Å². The van der Waals surface area contributed by atoms with E-state index in [0.717, 1.165) is 18.4 Å². The Morgan fingerprint density at radius 1 is 1.35 bits per heavy atom. The first-order chi connectivity index (χ1) is 9.65. The van der Waals surface area contributed by atoms with Crippen LogP contribution in [0.4, 0.5) is 0 Å². The summed E-state index contributed by atoms with van der Waals surface area (Å²) in [6.07, 6.45) is 2.37. The Labute approximate surface area is 116 Å². The topological polar surface area (TPSA) is 88.0 Å². The molecule has 20 heavy (non-hydrogen) atoms. The van der Waals surface area contributed by atoms with Crippen LogP contribution in [0.5, 0.6) is 0 Å². The van der Waals surface area contributed by atoms with Gasteiger partial charge in [-0.15, -0.1) is 0 Å². The first kappa shape index (κ1) is 12.7. The minimum atomic E-state index is -0.512. The molecule has 1 aromatic heterocycles. The number of H-pyrrole nitrogens is 1. The molecule has 0 spiro atoms. The van der Waals surface area contributed by atoms with E-state index in [2.05, 4.69) is 22.4 Å². The zero-order valence-electron chi connectivity index (χ0n) is 11.1. The molecule has 1 aromatic carbocycles. The number of benzene rings is 1. The fourth-order valence-corrected chi connectivity index (χ4v) is 2.91. The van der Waals surface area contributed by atoms with Gasteiger partial charge in [-0.2, -0.15) is 0 Å². The van der Waals surface area contributed by atoms with Gasteiger partial charge in [0.2, 0.25) is 11.8 Å². The maximum atomic E-state index is 12.0. The third kappa shape index (κ3) is 2.27. The van der Waals surface area contributed by atoms with Crippen molar-refractivity contribution in [1.82, 2.24) is 10.3 Å². The van der Waals surface area contributed by atoms with E-state index in [1.165, 1.54) is 16.6 Å².